The van der Waals surface area contributed by atoms with Crippen molar-refractivity contribution in [3.8, 4) is 17.0 Å². The quantitative estimate of drug-likeness (QED) is 0.762. The molecule has 1 amide bonds. The molecule has 0 spiro atoms. The predicted octanol–water partition coefficient (Wildman–Crippen LogP) is 3.88. The van der Waals surface area contributed by atoms with E-state index in [0.29, 0.717) is 15.9 Å². The summed E-state index contributed by atoms with van der Waals surface area (Å²) in [5.74, 6) is 0.312. The summed E-state index contributed by atoms with van der Waals surface area (Å²) in [6.07, 6.45) is 3.43. The maximum absolute atomic E-state index is 11.9. The van der Waals surface area contributed by atoms with Crippen LogP contribution < -0.4 is 10.1 Å². The Bertz CT molecular complexity index is 791. The summed E-state index contributed by atoms with van der Waals surface area (Å²) >= 11 is 7.14. The van der Waals surface area contributed by atoms with Gasteiger partial charge in [0.05, 0.1) is 5.69 Å². The number of carbonyl (C=O) groups excluding carboxylic acids is 1. The zero-order valence-electron chi connectivity index (χ0n) is 11.9. The number of pyridine rings is 1. The fourth-order valence-corrected chi connectivity index (χ4v) is 2.67. The molecule has 3 aromatic rings. The van der Waals surface area contributed by atoms with Crippen molar-refractivity contribution in [2.24, 2.45) is 0 Å². The van der Waals surface area contributed by atoms with Crippen LogP contribution in [0.2, 0.25) is 5.02 Å². The molecule has 1 aromatic carbocycles. The molecule has 0 atom stereocenters. The van der Waals surface area contributed by atoms with Crippen LogP contribution in [0.1, 0.15) is 0 Å². The lowest BCUT2D eigenvalue weighted by molar-refractivity contribution is -0.118. The molecular formula is C16H12ClN3O2S. The molecule has 0 aliphatic carbocycles. The highest BCUT2D eigenvalue weighted by Crippen LogP contribution is 2.24. The molecule has 0 unspecified atom stereocenters. The van der Waals surface area contributed by atoms with Crippen LogP contribution in [0.4, 0.5) is 5.13 Å². The third-order valence-electron chi connectivity index (χ3n) is 2.89. The first kappa shape index (κ1) is 15.5. The molecule has 0 radical (unpaired) electrons. The monoisotopic (exact) mass is 345 g/mol. The molecule has 5 nitrogen and oxygen atoms in total. The number of benzene rings is 1. The Kier molecular flexibility index (Phi) is 4.85. The number of ether oxygens (including phenoxy) is 1. The normalized spacial score (nSPS) is 10.3. The first-order valence-electron chi connectivity index (χ1n) is 6.75. The molecular weight excluding hydrogens is 334 g/mol. The highest BCUT2D eigenvalue weighted by atomic mass is 35.5. The zero-order valence-corrected chi connectivity index (χ0v) is 13.5. The minimum absolute atomic E-state index is 0.0938. The zero-order chi connectivity index (χ0) is 16.1. The Balaban J connectivity index is 1.56. The van der Waals surface area contributed by atoms with E-state index in [1.165, 1.54) is 11.3 Å². The van der Waals surface area contributed by atoms with Gasteiger partial charge in [0.1, 0.15) is 5.75 Å². The SMILES string of the molecule is O=C(COc1ccc(Cl)cc1)Nc1nc(-c2cccnc2)cs1. The Hall–Kier alpha value is -2.44. The van der Waals surface area contributed by atoms with Crippen LogP contribution in [0.25, 0.3) is 11.3 Å². The smallest absolute Gasteiger partial charge is 0.264 e. The number of nitrogens with one attached hydrogen (secondary N) is 1. The Morgan fingerprint density at radius 2 is 2.09 bits per heavy atom. The first-order chi connectivity index (χ1) is 11.2. The van der Waals surface area contributed by atoms with Crippen molar-refractivity contribution in [3.63, 3.8) is 0 Å². The van der Waals surface area contributed by atoms with Crippen molar-refractivity contribution in [1.29, 1.82) is 0 Å². The Labute approximate surface area is 141 Å². The summed E-state index contributed by atoms with van der Waals surface area (Å²) in [5.41, 5.74) is 1.68. The van der Waals surface area contributed by atoms with E-state index in [9.17, 15) is 4.79 Å². The van der Waals surface area contributed by atoms with Crippen molar-refractivity contribution in [1.82, 2.24) is 9.97 Å². The second kappa shape index (κ2) is 7.21. The lowest BCUT2D eigenvalue weighted by Gasteiger charge is -2.05. The molecule has 2 heterocycles. The summed E-state index contributed by atoms with van der Waals surface area (Å²) in [6, 6.07) is 10.6. The largest absolute Gasteiger partial charge is 0.484 e. The minimum atomic E-state index is -0.271. The molecule has 0 aliphatic heterocycles. The van der Waals surface area contributed by atoms with Gasteiger partial charge in [0.15, 0.2) is 11.7 Å². The van der Waals surface area contributed by atoms with Crippen LogP contribution in [-0.4, -0.2) is 22.5 Å². The van der Waals surface area contributed by atoms with E-state index in [0.717, 1.165) is 11.3 Å². The average molecular weight is 346 g/mol. The van der Waals surface area contributed by atoms with Gasteiger partial charge < -0.3 is 4.74 Å². The third kappa shape index (κ3) is 4.28. The van der Waals surface area contributed by atoms with Crippen LogP contribution in [0.15, 0.2) is 54.2 Å². The summed E-state index contributed by atoms with van der Waals surface area (Å²) < 4.78 is 5.38. The van der Waals surface area contributed by atoms with E-state index in [1.807, 2.05) is 17.5 Å². The number of nitrogens with zero attached hydrogens (tertiary/aromatic N) is 2. The number of aromatic nitrogens is 2. The number of thiazole rings is 1. The van der Waals surface area contributed by atoms with Gasteiger partial charge in [-0.1, -0.05) is 11.6 Å². The first-order valence-corrected chi connectivity index (χ1v) is 8.00. The van der Waals surface area contributed by atoms with Gasteiger partial charge in [0.25, 0.3) is 5.91 Å². The second-order valence-corrected chi connectivity index (χ2v) is 5.86. The molecule has 7 heteroatoms. The van der Waals surface area contributed by atoms with Crippen LogP contribution in [0, 0.1) is 0 Å². The molecule has 0 bridgehead atoms. The molecule has 0 aliphatic rings. The summed E-state index contributed by atoms with van der Waals surface area (Å²) in [5, 5.41) is 5.72. The second-order valence-electron chi connectivity index (χ2n) is 4.57. The summed E-state index contributed by atoms with van der Waals surface area (Å²) in [6.45, 7) is -0.0938. The van der Waals surface area contributed by atoms with Gasteiger partial charge in [-0.3, -0.25) is 15.1 Å². The van der Waals surface area contributed by atoms with E-state index in [4.69, 9.17) is 16.3 Å². The molecule has 0 fully saturated rings. The molecule has 116 valence electrons. The Morgan fingerprint density at radius 3 is 2.83 bits per heavy atom. The van der Waals surface area contributed by atoms with Gasteiger partial charge in [0, 0.05) is 28.4 Å². The van der Waals surface area contributed by atoms with Crippen molar-refractivity contribution >= 4 is 34.0 Å². The van der Waals surface area contributed by atoms with Gasteiger partial charge in [-0.25, -0.2) is 4.98 Å². The molecule has 1 N–H and O–H groups in total. The van der Waals surface area contributed by atoms with Gasteiger partial charge in [-0.05, 0) is 36.4 Å². The molecule has 23 heavy (non-hydrogen) atoms. The maximum Gasteiger partial charge on any atom is 0.264 e. The number of hydrogen-bond acceptors (Lipinski definition) is 5. The maximum atomic E-state index is 11.9. The summed E-state index contributed by atoms with van der Waals surface area (Å²) in [4.78, 5) is 20.3. The highest BCUT2D eigenvalue weighted by Gasteiger charge is 2.09. The fourth-order valence-electron chi connectivity index (χ4n) is 1.81. The predicted molar refractivity (Wildman–Crippen MR) is 90.9 cm³/mol. The topological polar surface area (TPSA) is 64.1 Å². The van der Waals surface area contributed by atoms with Crippen molar-refractivity contribution in [2.45, 2.75) is 0 Å². The number of hydrogen-bond donors (Lipinski definition) is 1. The highest BCUT2D eigenvalue weighted by molar-refractivity contribution is 7.14. The van der Waals surface area contributed by atoms with E-state index >= 15 is 0 Å². The standard InChI is InChI=1S/C16H12ClN3O2S/c17-12-3-5-13(6-4-12)22-9-15(21)20-16-19-14(10-23-16)11-2-1-7-18-8-11/h1-8,10H,9H2,(H,19,20,21). The molecule has 3 rings (SSSR count). The van der Waals surface area contributed by atoms with Gasteiger partial charge >= 0.3 is 0 Å². The fraction of sp³-hybridized carbons (Fsp3) is 0.0625. The van der Waals surface area contributed by atoms with Gasteiger partial charge in [-0.15, -0.1) is 11.3 Å². The van der Waals surface area contributed by atoms with Gasteiger partial charge in [0.2, 0.25) is 0 Å². The molecule has 2 aromatic heterocycles. The van der Waals surface area contributed by atoms with Crippen LogP contribution in [-0.2, 0) is 4.79 Å². The Morgan fingerprint density at radius 1 is 1.26 bits per heavy atom. The number of rotatable bonds is 5. The number of carbonyl (C=O) groups is 1. The minimum Gasteiger partial charge on any atom is -0.484 e. The number of anilines is 1. The van der Waals surface area contributed by atoms with E-state index in [-0.39, 0.29) is 12.5 Å². The van der Waals surface area contributed by atoms with E-state index in [2.05, 4.69) is 15.3 Å². The van der Waals surface area contributed by atoms with Crippen molar-refractivity contribution in [3.05, 3.63) is 59.2 Å². The van der Waals surface area contributed by atoms with Crippen LogP contribution >= 0.6 is 22.9 Å². The van der Waals surface area contributed by atoms with Crippen LogP contribution in [0.5, 0.6) is 5.75 Å². The molecule has 0 saturated heterocycles. The van der Waals surface area contributed by atoms with Crippen LogP contribution in [0.3, 0.4) is 0 Å². The third-order valence-corrected chi connectivity index (χ3v) is 3.90. The van der Waals surface area contributed by atoms with E-state index in [1.54, 1.807) is 36.7 Å². The molecule has 0 saturated carbocycles. The summed E-state index contributed by atoms with van der Waals surface area (Å²) in [7, 11) is 0. The lowest BCUT2D eigenvalue weighted by atomic mass is 10.2. The van der Waals surface area contributed by atoms with Crippen molar-refractivity contribution in [2.75, 3.05) is 11.9 Å². The van der Waals surface area contributed by atoms with Crippen molar-refractivity contribution < 1.29 is 9.53 Å². The number of halogens is 1. The van der Waals surface area contributed by atoms with Gasteiger partial charge in [-0.2, -0.15) is 0 Å². The lowest BCUT2D eigenvalue weighted by Crippen LogP contribution is -2.20. The number of amides is 1. The van der Waals surface area contributed by atoms with E-state index < -0.39 is 0 Å². The average Bonchev–Trinajstić information content (AvgIpc) is 3.04.